The highest BCUT2D eigenvalue weighted by atomic mass is 79.9. The van der Waals surface area contributed by atoms with E-state index in [1.54, 1.807) is 41.3 Å². The number of halogens is 1. The maximum atomic E-state index is 12.3. The van der Waals surface area contributed by atoms with Crippen LogP contribution in [0, 0.1) is 0 Å². The Bertz CT molecular complexity index is 942. The summed E-state index contributed by atoms with van der Waals surface area (Å²) in [6.45, 7) is -0.168. The van der Waals surface area contributed by atoms with Crippen molar-refractivity contribution in [3.63, 3.8) is 0 Å². The Hall–Kier alpha value is -3.20. The van der Waals surface area contributed by atoms with Gasteiger partial charge in [0.25, 0.3) is 5.91 Å². The van der Waals surface area contributed by atoms with Gasteiger partial charge in [0, 0.05) is 4.47 Å². The van der Waals surface area contributed by atoms with Gasteiger partial charge >= 0.3 is 0 Å². The molecule has 0 unspecified atom stereocenters. The van der Waals surface area contributed by atoms with Crippen molar-refractivity contribution in [2.45, 2.75) is 6.42 Å². The number of carbonyl (C=O) groups is 2. The Morgan fingerprint density at radius 1 is 1.19 bits per heavy atom. The predicted octanol–water partition coefficient (Wildman–Crippen LogP) is 2.08. The van der Waals surface area contributed by atoms with E-state index >= 15 is 0 Å². The zero-order chi connectivity index (χ0) is 19.2. The van der Waals surface area contributed by atoms with Crippen LogP contribution in [-0.2, 0) is 16.0 Å². The minimum atomic E-state index is -0.403. The van der Waals surface area contributed by atoms with Gasteiger partial charge in [0.2, 0.25) is 5.91 Å². The van der Waals surface area contributed by atoms with Crippen LogP contribution in [0.3, 0.4) is 0 Å². The van der Waals surface area contributed by atoms with Gasteiger partial charge in [-0.3, -0.25) is 9.59 Å². The van der Waals surface area contributed by atoms with Crippen LogP contribution in [0.1, 0.15) is 5.56 Å². The summed E-state index contributed by atoms with van der Waals surface area (Å²) in [6.07, 6.45) is 3.12. The van der Waals surface area contributed by atoms with Crippen LogP contribution in [0.2, 0.25) is 0 Å². The van der Waals surface area contributed by atoms with E-state index in [0.29, 0.717) is 17.1 Å². The molecule has 1 aromatic heterocycles. The van der Waals surface area contributed by atoms with Crippen molar-refractivity contribution in [3.05, 3.63) is 65.2 Å². The fourth-order valence-corrected chi connectivity index (χ4v) is 2.74. The number of nitrogens with one attached hydrogen (secondary N) is 1. The summed E-state index contributed by atoms with van der Waals surface area (Å²) in [5.74, 6) is -0.208. The molecule has 9 heteroatoms. The second-order valence-electron chi connectivity index (χ2n) is 5.63. The van der Waals surface area contributed by atoms with Crippen molar-refractivity contribution in [1.29, 1.82) is 0 Å². The largest absolute Gasteiger partial charge is 0.484 e. The molecular formula is C18H16BrN5O3. The quantitative estimate of drug-likeness (QED) is 0.596. The van der Waals surface area contributed by atoms with Gasteiger partial charge in [-0.15, -0.1) is 0 Å². The van der Waals surface area contributed by atoms with Gasteiger partial charge in [0.15, 0.2) is 6.61 Å². The molecule has 0 spiro atoms. The average molecular weight is 430 g/mol. The molecule has 0 bridgehead atoms. The topological polar surface area (TPSA) is 112 Å². The lowest BCUT2D eigenvalue weighted by Crippen LogP contribution is -2.21. The summed E-state index contributed by atoms with van der Waals surface area (Å²) >= 11 is 3.39. The first-order chi connectivity index (χ1) is 13.0. The lowest BCUT2D eigenvalue weighted by atomic mass is 10.1. The van der Waals surface area contributed by atoms with Crippen LogP contribution in [0.15, 0.2) is 59.6 Å². The number of primary amides is 1. The molecule has 0 saturated carbocycles. The molecule has 1 heterocycles. The highest BCUT2D eigenvalue weighted by Gasteiger charge is 2.11. The minimum Gasteiger partial charge on any atom is -0.484 e. The number of nitrogens with two attached hydrogens (primary N) is 1. The molecular weight excluding hydrogens is 414 g/mol. The molecule has 8 nitrogen and oxygen atoms in total. The maximum absolute atomic E-state index is 12.3. The second kappa shape index (κ2) is 8.45. The summed E-state index contributed by atoms with van der Waals surface area (Å²) in [7, 11) is 0. The number of ether oxygens (including phenoxy) is 1. The molecule has 3 aromatic rings. The second-order valence-corrected chi connectivity index (χ2v) is 6.54. The summed E-state index contributed by atoms with van der Waals surface area (Å²) in [5.41, 5.74) is 7.19. The highest BCUT2D eigenvalue weighted by molar-refractivity contribution is 9.10. The molecule has 2 amide bonds. The van der Waals surface area contributed by atoms with E-state index in [4.69, 9.17) is 10.5 Å². The first-order valence-electron chi connectivity index (χ1n) is 7.96. The van der Waals surface area contributed by atoms with Gasteiger partial charge in [-0.05, 0) is 35.9 Å². The van der Waals surface area contributed by atoms with Gasteiger partial charge in [-0.25, -0.2) is 9.67 Å². The van der Waals surface area contributed by atoms with Gasteiger partial charge < -0.3 is 15.8 Å². The number of rotatable bonds is 7. The molecule has 3 N–H and O–H groups in total. The average Bonchev–Trinajstić information content (AvgIpc) is 3.15. The standard InChI is InChI=1S/C18H16BrN5O3/c19-13-3-6-16(24-11-21-10-22-24)15(8-13)23-18(26)9-27-14-4-1-12(2-5-14)7-17(20)25/h1-6,8,10-11H,7,9H2,(H2,20,25)(H,23,26). The van der Waals surface area contributed by atoms with Crippen LogP contribution in [0.4, 0.5) is 5.69 Å². The SMILES string of the molecule is NC(=O)Cc1ccc(OCC(=O)Nc2cc(Br)ccc2-n2cncn2)cc1. The number of carbonyl (C=O) groups excluding carboxylic acids is 2. The molecule has 0 atom stereocenters. The normalized spacial score (nSPS) is 10.4. The van der Waals surface area contributed by atoms with Crippen LogP contribution < -0.4 is 15.8 Å². The molecule has 0 saturated heterocycles. The van der Waals surface area contributed by atoms with E-state index in [1.165, 1.54) is 6.33 Å². The van der Waals surface area contributed by atoms with E-state index in [0.717, 1.165) is 10.0 Å². The van der Waals surface area contributed by atoms with E-state index in [2.05, 4.69) is 31.3 Å². The first kappa shape index (κ1) is 18.6. The number of nitrogens with zero attached hydrogens (tertiary/aromatic N) is 3. The fourth-order valence-electron chi connectivity index (χ4n) is 2.38. The van der Waals surface area contributed by atoms with E-state index < -0.39 is 5.91 Å². The van der Waals surface area contributed by atoms with Crippen molar-refractivity contribution in [1.82, 2.24) is 14.8 Å². The summed E-state index contributed by atoms with van der Waals surface area (Å²) < 4.78 is 7.85. The lowest BCUT2D eigenvalue weighted by molar-refractivity contribution is -0.118. The first-order valence-corrected chi connectivity index (χ1v) is 8.75. The molecule has 0 aliphatic carbocycles. The summed E-state index contributed by atoms with van der Waals surface area (Å²) in [4.78, 5) is 27.1. The van der Waals surface area contributed by atoms with Crippen LogP contribution in [0.25, 0.3) is 5.69 Å². The van der Waals surface area contributed by atoms with Crippen molar-refractivity contribution < 1.29 is 14.3 Å². The number of anilines is 1. The zero-order valence-corrected chi connectivity index (χ0v) is 15.7. The van der Waals surface area contributed by atoms with Gasteiger partial charge in [0.05, 0.1) is 17.8 Å². The van der Waals surface area contributed by atoms with Crippen molar-refractivity contribution in [2.75, 3.05) is 11.9 Å². The summed E-state index contributed by atoms with van der Waals surface area (Å²) in [5, 5.41) is 6.88. The highest BCUT2D eigenvalue weighted by Crippen LogP contribution is 2.24. The number of hydrogen-bond acceptors (Lipinski definition) is 5. The van der Waals surface area contributed by atoms with Gasteiger partial charge in [0.1, 0.15) is 18.4 Å². The molecule has 0 radical (unpaired) electrons. The Morgan fingerprint density at radius 2 is 1.96 bits per heavy atom. The van der Waals surface area contributed by atoms with E-state index in [1.807, 2.05) is 12.1 Å². The Kier molecular flexibility index (Phi) is 5.82. The molecule has 138 valence electrons. The Labute approximate surface area is 163 Å². The van der Waals surface area contributed by atoms with Crippen LogP contribution in [-0.4, -0.2) is 33.2 Å². The monoisotopic (exact) mass is 429 g/mol. The molecule has 2 aromatic carbocycles. The smallest absolute Gasteiger partial charge is 0.262 e. The predicted molar refractivity (Wildman–Crippen MR) is 103 cm³/mol. The third-order valence-electron chi connectivity index (χ3n) is 3.57. The third-order valence-corrected chi connectivity index (χ3v) is 4.06. The third kappa shape index (κ3) is 5.14. The summed E-state index contributed by atoms with van der Waals surface area (Å²) in [6, 6.07) is 12.3. The number of hydrogen-bond donors (Lipinski definition) is 2. The van der Waals surface area contributed by atoms with Crippen LogP contribution in [0.5, 0.6) is 5.75 Å². The van der Waals surface area contributed by atoms with E-state index in [-0.39, 0.29) is 18.9 Å². The van der Waals surface area contributed by atoms with Crippen molar-refractivity contribution in [3.8, 4) is 11.4 Å². The van der Waals surface area contributed by atoms with Gasteiger partial charge in [-0.1, -0.05) is 28.1 Å². The maximum Gasteiger partial charge on any atom is 0.262 e. The molecule has 0 aliphatic rings. The Morgan fingerprint density at radius 3 is 2.63 bits per heavy atom. The van der Waals surface area contributed by atoms with Crippen LogP contribution >= 0.6 is 15.9 Å². The molecule has 27 heavy (non-hydrogen) atoms. The van der Waals surface area contributed by atoms with Crippen molar-refractivity contribution in [2.24, 2.45) is 5.73 Å². The molecule has 0 fully saturated rings. The Balaban J connectivity index is 1.63. The van der Waals surface area contributed by atoms with Gasteiger partial charge in [-0.2, -0.15) is 5.10 Å². The number of aromatic nitrogens is 3. The minimum absolute atomic E-state index is 0.161. The lowest BCUT2D eigenvalue weighted by Gasteiger charge is -2.12. The van der Waals surface area contributed by atoms with Crippen molar-refractivity contribution >= 4 is 33.4 Å². The molecule has 3 rings (SSSR count). The zero-order valence-electron chi connectivity index (χ0n) is 14.1. The van der Waals surface area contributed by atoms with E-state index in [9.17, 15) is 9.59 Å². The number of amides is 2. The fraction of sp³-hybridized carbons (Fsp3) is 0.111. The molecule has 0 aliphatic heterocycles. The number of benzene rings is 2.